The number of nitrogen functional groups attached to an aromatic ring is 1. The average molecular weight is 219 g/mol. The average Bonchev–Trinajstić information content (AvgIpc) is 2.13. The van der Waals surface area contributed by atoms with Gasteiger partial charge in [-0.05, 0) is 18.6 Å². The Balaban J connectivity index is 3.17. The molecule has 1 aromatic carbocycles. The summed E-state index contributed by atoms with van der Waals surface area (Å²) in [5.41, 5.74) is 11.2. The summed E-state index contributed by atoms with van der Waals surface area (Å²) in [5.74, 6) is -0.694. The standard InChI is InChI=1S/C9H12ClFN2O/c1-4(14)9(13)5-2-3-6(12)8(11)7(5)10/h2-4,9,14H,12-13H2,1H3/t4-,9+/m1/s1. The van der Waals surface area contributed by atoms with E-state index in [-0.39, 0.29) is 10.7 Å². The monoisotopic (exact) mass is 218 g/mol. The Labute approximate surface area is 86.5 Å². The molecule has 0 fully saturated rings. The topological polar surface area (TPSA) is 72.3 Å². The maximum Gasteiger partial charge on any atom is 0.164 e. The molecule has 0 aliphatic carbocycles. The highest BCUT2D eigenvalue weighted by atomic mass is 35.5. The summed E-state index contributed by atoms with van der Waals surface area (Å²) in [6.07, 6.45) is -0.796. The maximum atomic E-state index is 13.2. The van der Waals surface area contributed by atoms with Gasteiger partial charge < -0.3 is 16.6 Å². The van der Waals surface area contributed by atoms with Gasteiger partial charge in [0.05, 0.1) is 22.9 Å². The molecule has 0 amide bonds. The number of aliphatic hydroxyl groups is 1. The minimum atomic E-state index is -0.796. The zero-order valence-electron chi connectivity index (χ0n) is 7.67. The summed E-state index contributed by atoms with van der Waals surface area (Å²) in [7, 11) is 0. The molecule has 0 saturated heterocycles. The maximum absolute atomic E-state index is 13.2. The number of hydrogen-bond donors (Lipinski definition) is 3. The van der Waals surface area contributed by atoms with Gasteiger partial charge in [-0.3, -0.25) is 0 Å². The highest BCUT2D eigenvalue weighted by Crippen LogP contribution is 2.29. The smallest absolute Gasteiger partial charge is 0.164 e. The molecule has 14 heavy (non-hydrogen) atoms. The van der Waals surface area contributed by atoms with Crippen molar-refractivity contribution in [3.8, 4) is 0 Å². The van der Waals surface area contributed by atoms with Gasteiger partial charge >= 0.3 is 0 Å². The molecule has 0 aromatic heterocycles. The van der Waals surface area contributed by atoms with E-state index < -0.39 is 18.0 Å². The highest BCUT2D eigenvalue weighted by molar-refractivity contribution is 6.31. The first-order chi connectivity index (χ1) is 6.45. The quantitative estimate of drug-likeness (QED) is 0.658. The van der Waals surface area contributed by atoms with Crippen molar-refractivity contribution in [1.29, 1.82) is 0 Å². The molecule has 5 N–H and O–H groups in total. The van der Waals surface area contributed by atoms with E-state index >= 15 is 0 Å². The summed E-state index contributed by atoms with van der Waals surface area (Å²) in [6, 6.07) is 2.18. The Hall–Kier alpha value is -0.840. The van der Waals surface area contributed by atoms with Crippen LogP contribution in [0, 0.1) is 5.82 Å². The van der Waals surface area contributed by atoms with Gasteiger partial charge in [-0.2, -0.15) is 0 Å². The van der Waals surface area contributed by atoms with Crippen LogP contribution in [0.2, 0.25) is 5.02 Å². The summed E-state index contributed by atoms with van der Waals surface area (Å²) in [6.45, 7) is 1.51. The second kappa shape index (κ2) is 4.13. The molecular weight excluding hydrogens is 207 g/mol. The first-order valence-corrected chi connectivity index (χ1v) is 4.50. The van der Waals surface area contributed by atoms with Crippen LogP contribution in [0.15, 0.2) is 12.1 Å². The van der Waals surface area contributed by atoms with Crippen molar-refractivity contribution in [1.82, 2.24) is 0 Å². The normalized spacial score (nSPS) is 15.2. The van der Waals surface area contributed by atoms with Crippen LogP contribution < -0.4 is 11.5 Å². The van der Waals surface area contributed by atoms with E-state index in [1.54, 1.807) is 0 Å². The Kier molecular flexibility index (Phi) is 3.31. The molecule has 2 atom stereocenters. The third kappa shape index (κ3) is 1.97. The molecule has 0 radical (unpaired) electrons. The first-order valence-electron chi connectivity index (χ1n) is 4.12. The van der Waals surface area contributed by atoms with E-state index in [0.29, 0.717) is 5.56 Å². The SMILES string of the molecule is C[C@@H](O)[C@H](N)c1ccc(N)c(F)c1Cl. The molecule has 0 bridgehead atoms. The lowest BCUT2D eigenvalue weighted by Crippen LogP contribution is -2.23. The number of hydrogen-bond acceptors (Lipinski definition) is 3. The minimum absolute atomic E-state index is 0.0310. The van der Waals surface area contributed by atoms with Crippen LogP contribution >= 0.6 is 11.6 Å². The van der Waals surface area contributed by atoms with Gasteiger partial charge in [0.15, 0.2) is 5.82 Å². The molecule has 0 aliphatic rings. The largest absolute Gasteiger partial charge is 0.396 e. The van der Waals surface area contributed by atoms with Gasteiger partial charge in [-0.15, -0.1) is 0 Å². The van der Waals surface area contributed by atoms with Gasteiger partial charge in [0.25, 0.3) is 0 Å². The molecular formula is C9H12ClFN2O. The molecule has 0 saturated carbocycles. The van der Waals surface area contributed by atoms with Crippen LogP contribution in [0.4, 0.5) is 10.1 Å². The van der Waals surface area contributed by atoms with E-state index in [1.165, 1.54) is 19.1 Å². The molecule has 1 rings (SSSR count). The Morgan fingerprint density at radius 3 is 2.57 bits per heavy atom. The van der Waals surface area contributed by atoms with Gasteiger partial charge in [-0.25, -0.2) is 4.39 Å². The highest BCUT2D eigenvalue weighted by Gasteiger charge is 2.18. The fraction of sp³-hybridized carbons (Fsp3) is 0.333. The van der Waals surface area contributed by atoms with Crippen molar-refractivity contribution in [3.05, 3.63) is 28.5 Å². The fourth-order valence-electron chi connectivity index (χ4n) is 1.10. The number of anilines is 1. The van der Waals surface area contributed by atoms with E-state index in [9.17, 15) is 9.50 Å². The minimum Gasteiger partial charge on any atom is -0.396 e. The van der Waals surface area contributed by atoms with E-state index in [4.69, 9.17) is 23.1 Å². The van der Waals surface area contributed by atoms with Crippen LogP contribution in [0.3, 0.4) is 0 Å². The predicted octanol–water partition coefficient (Wildman–Crippen LogP) is 1.44. The third-order valence-electron chi connectivity index (χ3n) is 2.02. The summed E-state index contributed by atoms with van der Waals surface area (Å²) >= 11 is 5.69. The Morgan fingerprint density at radius 2 is 2.07 bits per heavy atom. The van der Waals surface area contributed by atoms with Crippen molar-refractivity contribution in [2.24, 2.45) is 5.73 Å². The molecule has 1 aromatic rings. The summed E-state index contributed by atoms with van der Waals surface area (Å²) in [5, 5.41) is 9.10. The second-order valence-electron chi connectivity index (χ2n) is 3.14. The molecule has 3 nitrogen and oxygen atoms in total. The van der Waals surface area contributed by atoms with Crippen molar-refractivity contribution in [2.75, 3.05) is 5.73 Å². The van der Waals surface area contributed by atoms with Gasteiger partial charge in [0, 0.05) is 0 Å². The second-order valence-corrected chi connectivity index (χ2v) is 3.52. The van der Waals surface area contributed by atoms with Crippen LogP contribution in [-0.4, -0.2) is 11.2 Å². The van der Waals surface area contributed by atoms with Crippen LogP contribution in [-0.2, 0) is 0 Å². The molecule has 0 unspecified atom stereocenters. The fourth-order valence-corrected chi connectivity index (χ4v) is 1.39. The lowest BCUT2D eigenvalue weighted by molar-refractivity contribution is 0.164. The van der Waals surface area contributed by atoms with Crippen LogP contribution in [0.1, 0.15) is 18.5 Å². The van der Waals surface area contributed by atoms with E-state index in [2.05, 4.69) is 0 Å². The van der Waals surface area contributed by atoms with Crippen molar-refractivity contribution < 1.29 is 9.50 Å². The molecule has 0 spiro atoms. The van der Waals surface area contributed by atoms with Crippen LogP contribution in [0.5, 0.6) is 0 Å². The van der Waals surface area contributed by atoms with Crippen molar-refractivity contribution in [2.45, 2.75) is 19.1 Å². The number of benzene rings is 1. The summed E-state index contributed by atoms with van der Waals surface area (Å²) in [4.78, 5) is 0. The van der Waals surface area contributed by atoms with E-state index in [0.717, 1.165) is 0 Å². The number of nitrogens with two attached hydrogens (primary N) is 2. The van der Waals surface area contributed by atoms with Crippen LogP contribution in [0.25, 0.3) is 0 Å². The van der Waals surface area contributed by atoms with Gasteiger partial charge in [0.2, 0.25) is 0 Å². The number of aliphatic hydroxyl groups excluding tert-OH is 1. The number of halogens is 2. The lowest BCUT2D eigenvalue weighted by atomic mass is 10.0. The predicted molar refractivity (Wildman–Crippen MR) is 54.4 cm³/mol. The lowest BCUT2D eigenvalue weighted by Gasteiger charge is -2.17. The third-order valence-corrected chi connectivity index (χ3v) is 2.41. The number of rotatable bonds is 2. The molecule has 78 valence electrons. The van der Waals surface area contributed by atoms with Crippen molar-refractivity contribution in [3.63, 3.8) is 0 Å². The van der Waals surface area contributed by atoms with Gasteiger partial charge in [0.1, 0.15) is 0 Å². The summed E-state index contributed by atoms with van der Waals surface area (Å²) < 4.78 is 13.2. The van der Waals surface area contributed by atoms with Crippen molar-refractivity contribution >= 4 is 17.3 Å². The molecule has 5 heteroatoms. The Bertz CT molecular complexity index is 344. The zero-order chi connectivity index (χ0) is 10.9. The first kappa shape index (κ1) is 11.2. The Morgan fingerprint density at radius 1 is 1.50 bits per heavy atom. The van der Waals surface area contributed by atoms with E-state index in [1.807, 2.05) is 0 Å². The van der Waals surface area contributed by atoms with Gasteiger partial charge in [-0.1, -0.05) is 17.7 Å². The molecule has 0 aliphatic heterocycles. The zero-order valence-corrected chi connectivity index (χ0v) is 8.42. The molecule has 0 heterocycles.